The maximum Gasteiger partial charge on any atom is 0.0678 e. The lowest BCUT2D eigenvalue weighted by atomic mass is 9.61. The van der Waals surface area contributed by atoms with E-state index in [1.807, 2.05) is 0 Å². The molecule has 1 N–H and O–H groups in total. The van der Waals surface area contributed by atoms with Gasteiger partial charge < -0.3 is 5.11 Å². The molecular formula is C11H22O. The van der Waals surface area contributed by atoms with Gasteiger partial charge in [-0.05, 0) is 30.6 Å². The quantitative estimate of drug-likeness (QED) is 0.690. The van der Waals surface area contributed by atoms with Crippen LogP contribution in [-0.4, -0.2) is 10.7 Å². The number of aliphatic hydroxyl groups is 1. The molecule has 0 aliphatic heterocycles. The van der Waals surface area contributed by atoms with Crippen LogP contribution in [0.15, 0.2) is 0 Å². The van der Waals surface area contributed by atoms with Crippen molar-refractivity contribution in [2.24, 2.45) is 17.8 Å². The lowest BCUT2D eigenvalue weighted by Gasteiger charge is -2.49. The van der Waals surface area contributed by atoms with Gasteiger partial charge in [-0.2, -0.15) is 0 Å². The van der Waals surface area contributed by atoms with Crippen molar-refractivity contribution in [1.29, 1.82) is 0 Å². The molecule has 0 radical (unpaired) electrons. The third-order valence-corrected chi connectivity index (χ3v) is 3.70. The van der Waals surface area contributed by atoms with Crippen LogP contribution in [0.5, 0.6) is 0 Å². The number of rotatable bonds is 3. The summed E-state index contributed by atoms with van der Waals surface area (Å²) in [4.78, 5) is 0. The lowest BCUT2D eigenvalue weighted by molar-refractivity contribution is -0.124. The maximum atomic E-state index is 10.1. The van der Waals surface area contributed by atoms with Crippen molar-refractivity contribution in [2.45, 2.75) is 52.6 Å². The van der Waals surface area contributed by atoms with Crippen LogP contribution < -0.4 is 0 Å². The molecule has 72 valence electrons. The van der Waals surface area contributed by atoms with E-state index >= 15 is 0 Å². The van der Waals surface area contributed by atoms with Gasteiger partial charge in [0.1, 0.15) is 0 Å². The molecule has 0 heterocycles. The molecule has 1 unspecified atom stereocenters. The summed E-state index contributed by atoms with van der Waals surface area (Å²) in [6.45, 7) is 8.82. The number of hydrogen-bond acceptors (Lipinski definition) is 1. The van der Waals surface area contributed by atoms with Crippen molar-refractivity contribution in [2.75, 3.05) is 0 Å². The average Bonchev–Trinajstić information content (AvgIpc) is 1.96. The van der Waals surface area contributed by atoms with Gasteiger partial charge in [0.2, 0.25) is 0 Å². The fraction of sp³-hybridized carbons (Fsp3) is 1.00. The summed E-state index contributed by atoms with van der Waals surface area (Å²) in [7, 11) is 0. The standard InChI is InChI=1S/C11H22O/c1-5-9(4)11(12)6-10(7-11)8(2)3/h8-10,12H,5-7H2,1-4H3. The summed E-state index contributed by atoms with van der Waals surface area (Å²) in [5.74, 6) is 1.99. The van der Waals surface area contributed by atoms with Crippen LogP contribution in [0, 0.1) is 17.8 Å². The van der Waals surface area contributed by atoms with E-state index in [1.165, 1.54) is 0 Å². The zero-order valence-electron chi connectivity index (χ0n) is 8.80. The van der Waals surface area contributed by atoms with Crippen molar-refractivity contribution in [3.05, 3.63) is 0 Å². The molecule has 0 amide bonds. The highest BCUT2D eigenvalue weighted by molar-refractivity contribution is 4.97. The number of hydrogen-bond donors (Lipinski definition) is 1. The molecule has 1 rings (SSSR count). The Kier molecular flexibility index (Phi) is 2.82. The van der Waals surface area contributed by atoms with E-state index < -0.39 is 0 Å². The Balaban J connectivity index is 2.39. The van der Waals surface area contributed by atoms with Crippen LogP contribution >= 0.6 is 0 Å². The molecule has 0 saturated heterocycles. The molecule has 0 bridgehead atoms. The van der Waals surface area contributed by atoms with Crippen molar-refractivity contribution in [3.8, 4) is 0 Å². The minimum atomic E-state index is -0.316. The van der Waals surface area contributed by atoms with Crippen LogP contribution in [-0.2, 0) is 0 Å². The van der Waals surface area contributed by atoms with E-state index in [2.05, 4.69) is 27.7 Å². The molecule has 12 heavy (non-hydrogen) atoms. The van der Waals surface area contributed by atoms with Crippen molar-refractivity contribution < 1.29 is 5.11 Å². The Labute approximate surface area is 76.2 Å². The fourth-order valence-electron chi connectivity index (χ4n) is 2.10. The zero-order chi connectivity index (χ0) is 9.35. The van der Waals surface area contributed by atoms with Gasteiger partial charge >= 0.3 is 0 Å². The molecule has 0 aromatic rings. The van der Waals surface area contributed by atoms with Crippen LogP contribution in [0.1, 0.15) is 47.0 Å². The molecule has 1 aliphatic carbocycles. The van der Waals surface area contributed by atoms with E-state index in [0.29, 0.717) is 5.92 Å². The summed E-state index contributed by atoms with van der Waals surface area (Å²) in [6.07, 6.45) is 3.15. The first-order valence-corrected chi connectivity index (χ1v) is 5.22. The maximum absolute atomic E-state index is 10.1. The topological polar surface area (TPSA) is 20.2 Å². The van der Waals surface area contributed by atoms with Gasteiger partial charge in [0.15, 0.2) is 0 Å². The van der Waals surface area contributed by atoms with E-state index in [9.17, 15) is 5.11 Å². The summed E-state index contributed by atoms with van der Waals surface area (Å²) >= 11 is 0. The highest BCUT2D eigenvalue weighted by Crippen LogP contribution is 2.47. The smallest absolute Gasteiger partial charge is 0.0678 e. The van der Waals surface area contributed by atoms with Crippen LogP contribution in [0.25, 0.3) is 0 Å². The highest BCUT2D eigenvalue weighted by Gasteiger charge is 2.46. The Bertz CT molecular complexity index is 145. The van der Waals surface area contributed by atoms with Gasteiger partial charge in [0.05, 0.1) is 5.60 Å². The second kappa shape index (κ2) is 3.37. The van der Waals surface area contributed by atoms with Crippen molar-refractivity contribution in [1.82, 2.24) is 0 Å². The molecule has 1 saturated carbocycles. The molecule has 0 spiro atoms. The lowest BCUT2D eigenvalue weighted by Crippen LogP contribution is -2.50. The first kappa shape index (κ1) is 10.0. The third kappa shape index (κ3) is 1.66. The molecule has 0 aromatic carbocycles. The van der Waals surface area contributed by atoms with E-state index in [1.54, 1.807) is 0 Å². The van der Waals surface area contributed by atoms with E-state index in [-0.39, 0.29) is 5.60 Å². The Morgan fingerprint density at radius 2 is 1.83 bits per heavy atom. The molecule has 1 nitrogen and oxygen atoms in total. The predicted octanol–water partition coefficient (Wildman–Crippen LogP) is 2.83. The first-order chi connectivity index (χ1) is 5.49. The van der Waals surface area contributed by atoms with Gasteiger partial charge in [0, 0.05) is 0 Å². The van der Waals surface area contributed by atoms with Gasteiger partial charge in [-0.1, -0.05) is 34.1 Å². The van der Waals surface area contributed by atoms with Gasteiger partial charge in [-0.15, -0.1) is 0 Å². The zero-order valence-corrected chi connectivity index (χ0v) is 8.80. The van der Waals surface area contributed by atoms with Crippen molar-refractivity contribution >= 4 is 0 Å². The summed E-state index contributed by atoms with van der Waals surface area (Å²) in [5, 5.41) is 10.1. The van der Waals surface area contributed by atoms with E-state index in [4.69, 9.17) is 0 Å². The molecular weight excluding hydrogens is 148 g/mol. The molecule has 1 atom stereocenters. The average molecular weight is 170 g/mol. The molecule has 1 aliphatic rings. The molecule has 1 fully saturated rings. The molecule has 1 heteroatoms. The van der Waals surface area contributed by atoms with Crippen LogP contribution in [0.3, 0.4) is 0 Å². The second-order valence-corrected chi connectivity index (χ2v) is 4.83. The minimum absolute atomic E-state index is 0.316. The van der Waals surface area contributed by atoms with Gasteiger partial charge in [-0.25, -0.2) is 0 Å². The fourth-order valence-corrected chi connectivity index (χ4v) is 2.10. The Morgan fingerprint density at radius 3 is 2.17 bits per heavy atom. The Morgan fingerprint density at radius 1 is 1.33 bits per heavy atom. The van der Waals surface area contributed by atoms with Crippen LogP contribution in [0.2, 0.25) is 0 Å². The van der Waals surface area contributed by atoms with E-state index in [0.717, 1.165) is 31.1 Å². The van der Waals surface area contributed by atoms with Crippen molar-refractivity contribution in [3.63, 3.8) is 0 Å². The second-order valence-electron chi connectivity index (χ2n) is 4.83. The van der Waals surface area contributed by atoms with Gasteiger partial charge in [-0.3, -0.25) is 0 Å². The summed E-state index contributed by atoms with van der Waals surface area (Å²) in [5.41, 5.74) is -0.316. The first-order valence-electron chi connectivity index (χ1n) is 5.22. The SMILES string of the molecule is CCC(C)C1(O)CC(C(C)C)C1. The largest absolute Gasteiger partial charge is 0.390 e. The van der Waals surface area contributed by atoms with Crippen LogP contribution in [0.4, 0.5) is 0 Å². The monoisotopic (exact) mass is 170 g/mol. The third-order valence-electron chi connectivity index (χ3n) is 3.70. The minimum Gasteiger partial charge on any atom is -0.390 e. The van der Waals surface area contributed by atoms with Gasteiger partial charge in [0.25, 0.3) is 0 Å². The highest BCUT2D eigenvalue weighted by atomic mass is 16.3. The summed E-state index contributed by atoms with van der Waals surface area (Å²) in [6, 6.07) is 0. The summed E-state index contributed by atoms with van der Waals surface area (Å²) < 4.78 is 0. The predicted molar refractivity (Wildman–Crippen MR) is 52.0 cm³/mol. The Hall–Kier alpha value is -0.0400. The normalized spacial score (nSPS) is 38.0. The molecule has 0 aromatic heterocycles.